The van der Waals surface area contributed by atoms with Crippen LogP contribution < -0.4 is 9.47 Å². The van der Waals surface area contributed by atoms with Gasteiger partial charge in [0.15, 0.2) is 0 Å². The van der Waals surface area contributed by atoms with Crippen LogP contribution >= 0.6 is 11.6 Å². The molecule has 0 bridgehead atoms. The molecule has 0 aliphatic heterocycles. The molecule has 0 radical (unpaired) electrons. The molecule has 0 atom stereocenters. The van der Waals surface area contributed by atoms with Gasteiger partial charge in [0.25, 0.3) is 0 Å². The lowest BCUT2D eigenvalue weighted by atomic mass is 10.1. The average molecular weight is 340 g/mol. The number of rotatable bonds is 4. The number of aromatic nitrogens is 2. The van der Waals surface area contributed by atoms with Gasteiger partial charge in [-0.25, -0.2) is 4.98 Å². The van der Waals surface area contributed by atoms with E-state index in [2.05, 4.69) is 16.0 Å². The molecule has 0 saturated heterocycles. The summed E-state index contributed by atoms with van der Waals surface area (Å²) in [4.78, 5) is 7.60. The number of methoxy groups -OCH3 is 2. The molecular formula is C18H14ClN3O2. The fourth-order valence-corrected chi connectivity index (χ4v) is 2.55. The fraction of sp³-hybridized carbons (Fsp3) is 0.111. The molecule has 5 nitrogen and oxygen atoms in total. The van der Waals surface area contributed by atoms with Gasteiger partial charge in [-0.2, -0.15) is 5.26 Å². The molecule has 24 heavy (non-hydrogen) atoms. The zero-order valence-electron chi connectivity index (χ0n) is 13.1. The number of aromatic amines is 1. The number of hydrogen-bond donors (Lipinski definition) is 1. The van der Waals surface area contributed by atoms with E-state index in [1.54, 1.807) is 38.5 Å². The van der Waals surface area contributed by atoms with Crippen molar-refractivity contribution in [1.29, 1.82) is 5.26 Å². The van der Waals surface area contributed by atoms with Crippen LogP contribution in [0.2, 0.25) is 5.02 Å². The summed E-state index contributed by atoms with van der Waals surface area (Å²) in [7, 11) is 3.17. The van der Waals surface area contributed by atoms with Crippen molar-refractivity contribution in [2.75, 3.05) is 14.2 Å². The molecule has 2 aromatic carbocycles. The van der Waals surface area contributed by atoms with Gasteiger partial charge in [-0.3, -0.25) is 0 Å². The lowest BCUT2D eigenvalue weighted by Gasteiger charge is -2.05. The summed E-state index contributed by atoms with van der Waals surface area (Å²) in [6.45, 7) is 0. The summed E-state index contributed by atoms with van der Waals surface area (Å²) in [6.07, 6.45) is 1.69. The normalized spacial score (nSPS) is 11.3. The Hall–Kier alpha value is -2.97. The first-order valence-corrected chi connectivity index (χ1v) is 7.52. The van der Waals surface area contributed by atoms with Crippen LogP contribution in [0.15, 0.2) is 36.4 Å². The number of nitrogens with one attached hydrogen (secondary N) is 1. The van der Waals surface area contributed by atoms with Gasteiger partial charge >= 0.3 is 0 Å². The lowest BCUT2D eigenvalue weighted by molar-refractivity contribution is 0.414. The van der Waals surface area contributed by atoms with Gasteiger partial charge < -0.3 is 14.5 Å². The van der Waals surface area contributed by atoms with Crippen LogP contribution in [-0.4, -0.2) is 24.2 Å². The van der Waals surface area contributed by atoms with E-state index < -0.39 is 0 Å². The van der Waals surface area contributed by atoms with Crippen molar-refractivity contribution >= 4 is 34.3 Å². The van der Waals surface area contributed by atoms with Crippen LogP contribution in [0.5, 0.6) is 11.5 Å². The number of hydrogen-bond acceptors (Lipinski definition) is 4. The lowest BCUT2D eigenvalue weighted by Crippen LogP contribution is -1.89. The summed E-state index contributed by atoms with van der Waals surface area (Å²) < 4.78 is 10.5. The van der Waals surface area contributed by atoms with Crippen LogP contribution in [-0.2, 0) is 0 Å². The maximum Gasteiger partial charge on any atom is 0.149 e. The predicted molar refractivity (Wildman–Crippen MR) is 94.1 cm³/mol. The summed E-state index contributed by atoms with van der Waals surface area (Å²) in [5.74, 6) is 1.82. The van der Waals surface area contributed by atoms with Crippen molar-refractivity contribution in [3.63, 3.8) is 0 Å². The molecule has 1 N–H and O–H groups in total. The SMILES string of the molecule is COc1ccc2nc(C(C#N)=Cc3cc(Cl)ccc3OC)[nH]c2c1. The molecule has 0 fully saturated rings. The fourth-order valence-electron chi connectivity index (χ4n) is 2.37. The highest BCUT2D eigenvalue weighted by atomic mass is 35.5. The number of nitrogens with zero attached hydrogens (tertiary/aromatic N) is 2. The Kier molecular flexibility index (Phi) is 4.41. The van der Waals surface area contributed by atoms with E-state index >= 15 is 0 Å². The van der Waals surface area contributed by atoms with E-state index in [1.807, 2.05) is 18.2 Å². The van der Waals surface area contributed by atoms with Gasteiger partial charge in [0.2, 0.25) is 0 Å². The number of allylic oxidation sites excluding steroid dienone is 1. The minimum absolute atomic E-state index is 0.380. The summed E-state index contributed by atoms with van der Waals surface area (Å²) >= 11 is 6.04. The average Bonchev–Trinajstić information content (AvgIpc) is 3.02. The number of halogens is 1. The van der Waals surface area contributed by atoms with E-state index in [1.165, 1.54) is 0 Å². The van der Waals surface area contributed by atoms with E-state index in [-0.39, 0.29) is 0 Å². The maximum absolute atomic E-state index is 9.52. The summed E-state index contributed by atoms with van der Waals surface area (Å²) in [6, 6.07) is 12.9. The van der Waals surface area contributed by atoms with Gasteiger partial charge in [0, 0.05) is 16.7 Å². The smallest absolute Gasteiger partial charge is 0.149 e. The Morgan fingerprint density at radius 1 is 1.21 bits per heavy atom. The number of ether oxygens (including phenoxy) is 2. The molecule has 1 aromatic heterocycles. The van der Waals surface area contributed by atoms with Crippen LogP contribution in [0.1, 0.15) is 11.4 Å². The molecule has 0 unspecified atom stereocenters. The molecule has 3 rings (SSSR count). The third-order valence-electron chi connectivity index (χ3n) is 3.56. The Morgan fingerprint density at radius 3 is 2.75 bits per heavy atom. The van der Waals surface area contributed by atoms with Gasteiger partial charge in [0.1, 0.15) is 23.4 Å². The van der Waals surface area contributed by atoms with E-state index in [4.69, 9.17) is 21.1 Å². The van der Waals surface area contributed by atoms with Crippen LogP contribution in [0.25, 0.3) is 22.7 Å². The number of fused-ring (bicyclic) bond motifs is 1. The third-order valence-corrected chi connectivity index (χ3v) is 3.79. The largest absolute Gasteiger partial charge is 0.497 e. The second kappa shape index (κ2) is 6.65. The Morgan fingerprint density at radius 2 is 2.04 bits per heavy atom. The second-order valence-corrected chi connectivity index (χ2v) is 5.46. The quantitative estimate of drug-likeness (QED) is 0.719. The van der Waals surface area contributed by atoms with Gasteiger partial charge in [-0.1, -0.05) is 11.6 Å². The molecule has 0 aliphatic carbocycles. The van der Waals surface area contributed by atoms with E-state index in [9.17, 15) is 5.26 Å². The monoisotopic (exact) mass is 339 g/mol. The first-order valence-electron chi connectivity index (χ1n) is 7.14. The minimum Gasteiger partial charge on any atom is -0.497 e. The van der Waals surface area contributed by atoms with Crippen LogP contribution in [0.4, 0.5) is 0 Å². The zero-order chi connectivity index (χ0) is 17.1. The van der Waals surface area contributed by atoms with Gasteiger partial charge in [0.05, 0.1) is 30.8 Å². The van der Waals surface area contributed by atoms with Crippen molar-refractivity contribution in [3.05, 3.63) is 52.8 Å². The predicted octanol–water partition coefficient (Wildman–Crippen LogP) is 4.30. The Balaban J connectivity index is 2.09. The molecule has 0 saturated carbocycles. The maximum atomic E-state index is 9.52. The van der Waals surface area contributed by atoms with E-state index in [0.29, 0.717) is 27.7 Å². The topological polar surface area (TPSA) is 70.9 Å². The van der Waals surface area contributed by atoms with Crippen LogP contribution in [0, 0.1) is 11.3 Å². The summed E-state index contributed by atoms with van der Waals surface area (Å²) in [5, 5.41) is 10.1. The van der Waals surface area contributed by atoms with E-state index in [0.717, 1.165) is 16.8 Å². The van der Waals surface area contributed by atoms with Crippen LogP contribution in [0.3, 0.4) is 0 Å². The molecule has 0 aliphatic rings. The highest BCUT2D eigenvalue weighted by Crippen LogP contribution is 2.28. The molecular weight excluding hydrogens is 326 g/mol. The number of imidazole rings is 1. The van der Waals surface area contributed by atoms with Crippen molar-refractivity contribution in [3.8, 4) is 17.6 Å². The summed E-state index contributed by atoms with van der Waals surface area (Å²) in [5.41, 5.74) is 2.64. The van der Waals surface area contributed by atoms with Crippen molar-refractivity contribution in [1.82, 2.24) is 9.97 Å². The first kappa shape index (κ1) is 15.9. The van der Waals surface area contributed by atoms with Crippen molar-refractivity contribution in [2.24, 2.45) is 0 Å². The number of nitriles is 1. The van der Waals surface area contributed by atoms with Crippen molar-refractivity contribution < 1.29 is 9.47 Å². The molecule has 6 heteroatoms. The molecule has 1 heterocycles. The number of benzene rings is 2. The third kappa shape index (κ3) is 3.05. The highest BCUT2D eigenvalue weighted by molar-refractivity contribution is 6.30. The molecule has 3 aromatic rings. The first-order chi connectivity index (χ1) is 11.6. The standard InChI is InChI=1S/C18H14ClN3O2/c1-23-14-4-5-15-16(9-14)22-18(21-15)12(10-20)7-11-8-13(19)3-6-17(11)24-2/h3-9H,1-2H3,(H,21,22). The molecule has 0 amide bonds. The molecule has 0 spiro atoms. The number of H-pyrrole nitrogens is 1. The molecule has 120 valence electrons. The second-order valence-electron chi connectivity index (χ2n) is 5.02. The zero-order valence-corrected chi connectivity index (χ0v) is 13.9. The minimum atomic E-state index is 0.380. The highest BCUT2D eigenvalue weighted by Gasteiger charge is 2.10. The van der Waals surface area contributed by atoms with Gasteiger partial charge in [-0.05, 0) is 36.4 Å². The van der Waals surface area contributed by atoms with Gasteiger partial charge in [-0.15, -0.1) is 0 Å². The van der Waals surface area contributed by atoms with Crippen molar-refractivity contribution in [2.45, 2.75) is 0 Å². The Labute approximate surface area is 144 Å². The Bertz CT molecular complexity index is 970.